The first kappa shape index (κ1) is 15.7. The monoisotopic (exact) mass is 320 g/mol. The number of anilines is 1. The number of aromatic nitrogens is 1. The largest absolute Gasteiger partial charge is 0.301 e. The van der Waals surface area contributed by atoms with Gasteiger partial charge in [-0.25, -0.2) is 4.98 Å². The molecule has 1 unspecified atom stereocenters. The molecule has 1 aromatic heterocycles. The summed E-state index contributed by atoms with van der Waals surface area (Å²) in [6, 6.07) is 10.0. The second kappa shape index (κ2) is 7.38. The maximum Gasteiger partial charge on any atom is 0.238 e. The predicted octanol–water partition coefficient (Wildman–Crippen LogP) is 3.61. The zero-order valence-corrected chi connectivity index (χ0v) is 13.5. The van der Waals surface area contributed by atoms with E-state index in [0.717, 1.165) is 5.75 Å². The number of ketones is 1. The van der Waals surface area contributed by atoms with Crippen LogP contribution in [-0.4, -0.2) is 21.9 Å². The normalized spacial score (nSPS) is 11.9. The molecule has 0 aliphatic rings. The Kier molecular flexibility index (Phi) is 5.52. The lowest BCUT2D eigenvalue weighted by Crippen LogP contribution is -2.22. The average Bonchev–Trinajstić information content (AvgIpc) is 2.94. The highest BCUT2D eigenvalue weighted by Crippen LogP contribution is 2.21. The summed E-state index contributed by atoms with van der Waals surface area (Å²) in [6.07, 6.45) is 0. The number of thiazole rings is 1. The van der Waals surface area contributed by atoms with E-state index in [1.54, 1.807) is 17.1 Å². The molecule has 0 radical (unpaired) electrons. The number of nitrogens with one attached hydrogen (secondary N) is 1. The van der Waals surface area contributed by atoms with Gasteiger partial charge in [0.1, 0.15) is 5.69 Å². The number of carbonyl (C=O) groups is 2. The van der Waals surface area contributed by atoms with Gasteiger partial charge >= 0.3 is 0 Å². The first-order valence-electron chi connectivity index (χ1n) is 6.49. The van der Waals surface area contributed by atoms with Gasteiger partial charge in [0, 0.05) is 18.1 Å². The van der Waals surface area contributed by atoms with Crippen molar-refractivity contribution in [1.29, 1.82) is 0 Å². The Balaban J connectivity index is 1.85. The lowest BCUT2D eigenvalue weighted by Gasteiger charge is -2.10. The molecule has 0 saturated heterocycles. The molecule has 6 heteroatoms. The first-order valence-corrected chi connectivity index (χ1v) is 8.42. The molecular weight excluding hydrogens is 304 g/mol. The first-order chi connectivity index (χ1) is 10.1. The van der Waals surface area contributed by atoms with E-state index in [2.05, 4.69) is 10.3 Å². The molecule has 1 atom stereocenters. The van der Waals surface area contributed by atoms with E-state index < -0.39 is 0 Å². The third-order valence-corrected chi connectivity index (χ3v) is 4.78. The van der Waals surface area contributed by atoms with Crippen LogP contribution in [0, 0.1) is 0 Å². The third kappa shape index (κ3) is 4.68. The van der Waals surface area contributed by atoms with Gasteiger partial charge in [0.2, 0.25) is 5.91 Å². The summed E-state index contributed by atoms with van der Waals surface area (Å²) in [5.74, 6) is 0.588. The topological polar surface area (TPSA) is 59.1 Å². The standard InChI is InChI=1S/C15H16N2O2S2/c1-10(18)13-9-21-15(16-13)17-14(19)11(2)20-8-12-6-4-3-5-7-12/h3-7,9,11H,8H2,1-2H3,(H,16,17,19). The maximum atomic E-state index is 12.1. The summed E-state index contributed by atoms with van der Waals surface area (Å²) in [4.78, 5) is 27.3. The highest BCUT2D eigenvalue weighted by molar-refractivity contribution is 7.99. The van der Waals surface area contributed by atoms with Crippen LogP contribution in [0.2, 0.25) is 0 Å². The molecule has 0 aliphatic carbocycles. The molecule has 2 aromatic rings. The quantitative estimate of drug-likeness (QED) is 0.826. The smallest absolute Gasteiger partial charge is 0.238 e. The summed E-state index contributed by atoms with van der Waals surface area (Å²) in [6.45, 7) is 3.32. The summed E-state index contributed by atoms with van der Waals surface area (Å²) in [7, 11) is 0. The number of rotatable bonds is 6. The van der Waals surface area contributed by atoms with Crippen molar-refractivity contribution in [2.75, 3.05) is 5.32 Å². The molecule has 4 nitrogen and oxygen atoms in total. The van der Waals surface area contributed by atoms with Crippen molar-refractivity contribution in [3.63, 3.8) is 0 Å². The summed E-state index contributed by atoms with van der Waals surface area (Å²) >= 11 is 2.83. The van der Waals surface area contributed by atoms with Crippen LogP contribution in [0.15, 0.2) is 35.7 Å². The Labute approximate surface area is 132 Å². The zero-order valence-electron chi connectivity index (χ0n) is 11.8. The minimum Gasteiger partial charge on any atom is -0.301 e. The fraction of sp³-hybridized carbons (Fsp3) is 0.267. The number of Topliss-reactive ketones (excluding diaryl/α,β-unsaturated/α-hetero) is 1. The average molecular weight is 320 g/mol. The van der Waals surface area contributed by atoms with Gasteiger partial charge in [-0.2, -0.15) is 0 Å². The van der Waals surface area contributed by atoms with Crippen LogP contribution < -0.4 is 5.32 Å². The van der Waals surface area contributed by atoms with Gasteiger partial charge in [0.25, 0.3) is 0 Å². The molecule has 0 bridgehead atoms. The Hall–Kier alpha value is -1.66. The summed E-state index contributed by atoms with van der Waals surface area (Å²) < 4.78 is 0. The number of carbonyl (C=O) groups excluding carboxylic acids is 2. The van der Waals surface area contributed by atoms with Crippen molar-refractivity contribution in [1.82, 2.24) is 4.98 Å². The van der Waals surface area contributed by atoms with Gasteiger partial charge in [-0.1, -0.05) is 30.3 Å². The number of hydrogen-bond donors (Lipinski definition) is 1. The number of thioether (sulfide) groups is 1. The fourth-order valence-corrected chi connectivity index (χ4v) is 3.17. The van der Waals surface area contributed by atoms with E-state index in [9.17, 15) is 9.59 Å². The molecule has 0 aliphatic heterocycles. The van der Waals surface area contributed by atoms with Gasteiger partial charge in [-0.15, -0.1) is 23.1 Å². The van der Waals surface area contributed by atoms with Crippen LogP contribution in [0.5, 0.6) is 0 Å². The molecule has 2 rings (SSSR count). The Bertz CT molecular complexity index is 626. The van der Waals surface area contributed by atoms with Crippen LogP contribution in [0.1, 0.15) is 29.9 Å². The second-order valence-electron chi connectivity index (χ2n) is 4.52. The van der Waals surface area contributed by atoms with Gasteiger partial charge in [0.15, 0.2) is 10.9 Å². The van der Waals surface area contributed by atoms with Gasteiger partial charge in [-0.3, -0.25) is 9.59 Å². The lowest BCUT2D eigenvalue weighted by molar-refractivity contribution is -0.115. The zero-order chi connectivity index (χ0) is 15.2. The van der Waals surface area contributed by atoms with Crippen molar-refractivity contribution in [3.05, 3.63) is 47.0 Å². The van der Waals surface area contributed by atoms with Crippen molar-refractivity contribution < 1.29 is 9.59 Å². The molecule has 0 spiro atoms. The molecule has 21 heavy (non-hydrogen) atoms. The molecule has 1 N–H and O–H groups in total. The summed E-state index contributed by atoms with van der Waals surface area (Å²) in [5.41, 5.74) is 1.58. The molecule has 1 amide bonds. The maximum absolute atomic E-state index is 12.1. The van der Waals surface area contributed by atoms with Crippen LogP contribution in [0.4, 0.5) is 5.13 Å². The van der Waals surface area contributed by atoms with Gasteiger partial charge < -0.3 is 5.32 Å². The highest BCUT2D eigenvalue weighted by atomic mass is 32.2. The minimum absolute atomic E-state index is 0.0969. The van der Waals surface area contributed by atoms with Crippen LogP contribution in [0.3, 0.4) is 0 Å². The van der Waals surface area contributed by atoms with Crippen molar-refractivity contribution >= 4 is 39.9 Å². The molecule has 0 saturated carbocycles. The Morgan fingerprint density at radius 3 is 2.67 bits per heavy atom. The Morgan fingerprint density at radius 2 is 2.05 bits per heavy atom. The number of benzene rings is 1. The number of amides is 1. The SMILES string of the molecule is CC(=O)c1csc(NC(=O)C(C)SCc2ccccc2)n1. The van der Waals surface area contributed by atoms with Crippen LogP contribution in [0.25, 0.3) is 0 Å². The fourth-order valence-electron chi connectivity index (χ4n) is 1.57. The van der Waals surface area contributed by atoms with E-state index in [0.29, 0.717) is 10.8 Å². The molecule has 1 heterocycles. The molecule has 0 fully saturated rings. The van der Waals surface area contributed by atoms with Crippen LogP contribution in [-0.2, 0) is 10.5 Å². The number of hydrogen-bond acceptors (Lipinski definition) is 5. The van der Waals surface area contributed by atoms with E-state index in [1.165, 1.54) is 23.8 Å². The van der Waals surface area contributed by atoms with Crippen molar-refractivity contribution in [3.8, 4) is 0 Å². The molecule has 1 aromatic carbocycles. The van der Waals surface area contributed by atoms with E-state index in [-0.39, 0.29) is 16.9 Å². The Morgan fingerprint density at radius 1 is 1.33 bits per heavy atom. The summed E-state index contributed by atoms with van der Waals surface area (Å²) in [5, 5.41) is 4.69. The van der Waals surface area contributed by atoms with E-state index in [1.807, 2.05) is 37.3 Å². The van der Waals surface area contributed by atoms with E-state index in [4.69, 9.17) is 0 Å². The highest BCUT2D eigenvalue weighted by Gasteiger charge is 2.15. The second-order valence-corrected chi connectivity index (χ2v) is 6.71. The third-order valence-electron chi connectivity index (χ3n) is 2.81. The van der Waals surface area contributed by atoms with Gasteiger partial charge in [-0.05, 0) is 12.5 Å². The van der Waals surface area contributed by atoms with Crippen LogP contribution >= 0.6 is 23.1 Å². The lowest BCUT2D eigenvalue weighted by atomic mass is 10.2. The van der Waals surface area contributed by atoms with E-state index >= 15 is 0 Å². The minimum atomic E-state index is -0.185. The predicted molar refractivity (Wildman–Crippen MR) is 87.9 cm³/mol. The molecular formula is C15H16N2O2S2. The van der Waals surface area contributed by atoms with Crippen molar-refractivity contribution in [2.45, 2.75) is 24.9 Å². The van der Waals surface area contributed by atoms with Crippen molar-refractivity contribution in [2.24, 2.45) is 0 Å². The van der Waals surface area contributed by atoms with Gasteiger partial charge in [0.05, 0.1) is 5.25 Å². The number of nitrogens with zero attached hydrogens (tertiary/aromatic N) is 1. The molecule has 110 valence electrons.